The highest BCUT2D eigenvalue weighted by molar-refractivity contribution is 6.38. The third-order valence-electron chi connectivity index (χ3n) is 4.14. The minimum atomic E-state index is -3.27. The molecule has 2 heterocycles. The number of hydrogen-bond donors (Lipinski definition) is 0. The number of ether oxygens (including phenoxy) is 1. The highest BCUT2D eigenvalue weighted by Gasteiger charge is 2.29. The van der Waals surface area contributed by atoms with Crippen molar-refractivity contribution in [2.75, 3.05) is 6.61 Å². The maximum absolute atomic E-state index is 12.6. The molecule has 0 N–H and O–H groups in total. The van der Waals surface area contributed by atoms with Gasteiger partial charge in [-0.25, -0.2) is 13.4 Å². The summed E-state index contributed by atoms with van der Waals surface area (Å²) in [6.45, 7) is 5.91. The standard InChI is InChI=1S/C15H14BF2NO4/c1-7-4-10-12-14(9(7)3)22-6-8(2)19(12)5-11(13(10)20)15(21)23-16(17)18/h4-5,8H,6H2,1-3H3/t8-/m0/s1. The molecular weight excluding hydrogens is 307 g/mol. The monoisotopic (exact) mass is 321 g/mol. The Kier molecular flexibility index (Phi) is 3.62. The topological polar surface area (TPSA) is 57.5 Å². The summed E-state index contributed by atoms with van der Waals surface area (Å²) in [5.74, 6) is -0.738. The lowest BCUT2D eigenvalue weighted by atomic mass is 10.0. The second kappa shape index (κ2) is 5.36. The van der Waals surface area contributed by atoms with E-state index in [-0.39, 0.29) is 11.4 Å². The van der Waals surface area contributed by atoms with Gasteiger partial charge in [-0.3, -0.25) is 4.79 Å². The first-order valence-electron chi connectivity index (χ1n) is 7.12. The number of pyridine rings is 1. The molecule has 8 heteroatoms. The van der Waals surface area contributed by atoms with Crippen molar-refractivity contribution in [2.24, 2.45) is 0 Å². The maximum atomic E-state index is 12.6. The van der Waals surface area contributed by atoms with Crippen molar-refractivity contribution < 1.29 is 22.8 Å². The van der Waals surface area contributed by atoms with E-state index in [0.29, 0.717) is 17.9 Å². The number of hydrogen-bond acceptors (Lipinski definition) is 4. The van der Waals surface area contributed by atoms with Crippen molar-refractivity contribution in [3.05, 3.63) is 39.2 Å². The summed E-state index contributed by atoms with van der Waals surface area (Å²) in [4.78, 5) is 24.4. The van der Waals surface area contributed by atoms with E-state index in [1.165, 1.54) is 6.20 Å². The van der Waals surface area contributed by atoms with E-state index in [1.54, 1.807) is 10.6 Å². The van der Waals surface area contributed by atoms with Crippen LogP contribution in [-0.2, 0) is 4.65 Å². The van der Waals surface area contributed by atoms with Crippen LogP contribution in [0.15, 0.2) is 17.1 Å². The largest absolute Gasteiger partial charge is 0.798 e. The Morgan fingerprint density at radius 2 is 2.13 bits per heavy atom. The summed E-state index contributed by atoms with van der Waals surface area (Å²) < 4.78 is 35.9. The van der Waals surface area contributed by atoms with Crippen LogP contribution in [0.2, 0.25) is 0 Å². The SMILES string of the molecule is Cc1cc2c(=O)c(C(=O)OB(F)F)cn3c2c(c1C)OC[C@@H]3C. The average Bonchev–Trinajstić information content (AvgIpc) is 2.47. The molecule has 5 nitrogen and oxygen atoms in total. The van der Waals surface area contributed by atoms with Crippen LogP contribution in [0.25, 0.3) is 10.9 Å². The van der Waals surface area contributed by atoms with Crippen LogP contribution < -0.4 is 10.2 Å². The Balaban J connectivity index is 2.36. The molecule has 0 saturated carbocycles. The van der Waals surface area contributed by atoms with Gasteiger partial charge in [0.2, 0.25) is 5.43 Å². The molecule has 1 aliphatic rings. The van der Waals surface area contributed by atoms with E-state index >= 15 is 0 Å². The fraction of sp³-hybridized carbons (Fsp3) is 0.333. The van der Waals surface area contributed by atoms with Gasteiger partial charge < -0.3 is 14.0 Å². The van der Waals surface area contributed by atoms with Crippen LogP contribution in [0.5, 0.6) is 5.75 Å². The molecule has 1 aliphatic heterocycles. The van der Waals surface area contributed by atoms with Gasteiger partial charge in [0.1, 0.15) is 17.9 Å². The molecule has 0 bridgehead atoms. The molecule has 0 saturated heterocycles. The zero-order valence-electron chi connectivity index (χ0n) is 12.9. The highest BCUT2D eigenvalue weighted by atomic mass is 19.2. The second-order valence-electron chi connectivity index (χ2n) is 5.65. The Labute approximate surface area is 131 Å². The van der Waals surface area contributed by atoms with Gasteiger partial charge in [-0.05, 0) is 38.0 Å². The smallest absolute Gasteiger partial charge is 0.489 e. The van der Waals surface area contributed by atoms with Gasteiger partial charge in [-0.2, -0.15) is 0 Å². The van der Waals surface area contributed by atoms with E-state index in [1.807, 2.05) is 20.8 Å². The Morgan fingerprint density at radius 3 is 2.78 bits per heavy atom. The molecule has 1 atom stereocenters. The van der Waals surface area contributed by atoms with Crippen molar-refractivity contribution in [1.82, 2.24) is 4.57 Å². The third kappa shape index (κ3) is 2.38. The van der Waals surface area contributed by atoms with Gasteiger partial charge >= 0.3 is 13.4 Å². The van der Waals surface area contributed by atoms with Gasteiger partial charge in [0.15, 0.2) is 0 Å². The van der Waals surface area contributed by atoms with Crippen LogP contribution in [0.1, 0.15) is 34.5 Å². The number of carbonyl (C=O) groups is 1. The molecule has 0 radical (unpaired) electrons. The zero-order valence-corrected chi connectivity index (χ0v) is 12.9. The highest BCUT2D eigenvalue weighted by Crippen LogP contribution is 2.36. The number of nitrogens with zero attached hydrogens (tertiary/aromatic N) is 1. The van der Waals surface area contributed by atoms with E-state index in [9.17, 15) is 18.2 Å². The normalized spacial score (nSPS) is 16.1. The molecule has 23 heavy (non-hydrogen) atoms. The van der Waals surface area contributed by atoms with Crippen LogP contribution in [-0.4, -0.2) is 24.6 Å². The van der Waals surface area contributed by atoms with Crippen LogP contribution in [0.4, 0.5) is 8.63 Å². The molecule has 1 aromatic carbocycles. The summed E-state index contributed by atoms with van der Waals surface area (Å²) in [5, 5.41) is 0.262. The van der Waals surface area contributed by atoms with Crippen LogP contribution in [0, 0.1) is 13.8 Å². The summed E-state index contributed by atoms with van der Waals surface area (Å²) in [6, 6.07) is 1.50. The summed E-state index contributed by atoms with van der Waals surface area (Å²) in [7, 11) is -3.27. The van der Waals surface area contributed by atoms with Gasteiger partial charge in [0, 0.05) is 6.20 Å². The summed E-state index contributed by atoms with van der Waals surface area (Å²) >= 11 is 0. The Bertz CT molecular complexity index is 878. The lowest BCUT2D eigenvalue weighted by Gasteiger charge is -2.28. The Hall–Kier alpha value is -2.38. The summed E-state index contributed by atoms with van der Waals surface area (Å²) in [6.07, 6.45) is 1.28. The molecular formula is C15H14BF2NO4. The molecule has 2 aromatic rings. The van der Waals surface area contributed by atoms with E-state index < -0.39 is 24.4 Å². The van der Waals surface area contributed by atoms with Gasteiger partial charge in [0.25, 0.3) is 0 Å². The first kappa shape index (κ1) is 15.5. The zero-order chi connectivity index (χ0) is 16.9. The first-order chi connectivity index (χ1) is 10.8. The molecule has 1 aromatic heterocycles. The number of aromatic nitrogens is 1. The van der Waals surface area contributed by atoms with E-state index in [0.717, 1.165) is 11.1 Å². The fourth-order valence-electron chi connectivity index (χ4n) is 2.81. The predicted octanol–water partition coefficient (Wildman–Crippen LogP) is 2.65. The first-order valence-corrected chi connectivity index (χ1v) is 7.12. The maximum Gasteiger partial charge on any atom is 0.798 e. The molecule has 0 fully saturated rings. The number of halogens is 2. The number of rotatable bonds is 2. The molecule has 0 aliphatic carbocycles. The van der Waals surface area contributed by atoms with Crippen LogP contribution in [0.3, 0.4) is 0 Å². The quantitative estimate of drug-likeness (QED) is 0.798. The van der Waals surface area contributed by atoms with Gasteiger partial charge in [0.05, 0.1) is 16.9 Å². The minimum absolute atomic E-state index is 0.147. The number of carbonyl (C=O) groups excluding carboxylic acids is 1. The lowest BCUT2D eigenvalue weighted by molar-refractivity contribution is 0.0692. The lowest BCUT2D eigenvalue weighted by Crippen LogP contribution is -2.28. The fourth-order valence-corrected chi connectivity index (χ4v) is 2.81. The van der Waals surface area contributed by atoms with Crippen LogP contribution >= 0.6 is 0 Å². The molecule has 120 valence electrons. The number of aryl methyl sites for hydroxylation is 1. The molecule has 0 amide bonds. The number of benzene rings is 1. The minimum Gasteiger partial charge on any atom is -0.489 e. The van der Waals surface area contributed by atoms with Gasteiger partial charge in [-0.15, -0.1) is 0 Å². The van der Waals surface area contributed by atoms with E-state index in [2.05, 4.69) is 4.65 Å². The summed E-state index contributed by atoms with van der Waals surface area (Å²) in [5.41, 5.74) is 1.26. The Morgan fingerprint density at radius 1 is 1.43 bits per heavy atom. The van der Waals surface area contributed by atoms with Crippen molar-refractivity contribution in [2.45, 2.75) is 26.8 Å². The average molecular weight is 321 g/mol. The predicted molar refractivity (Wildman–Crippen MR) is 81.3 cm³/mol. The molecule has 0 unspecified atom stereocenters. The molecule has 3 rings (SSSR count). The molecule has 0 spiro atoms. The van der Waals surface area contributed by atoms with Crippen molar-refractivity contribution >= 4 is 24.3 Å². The van der Waals surface area contributed by atoms with Gasteiger partial charge in [-0.1, -0.05) is 0 Å². The van der Waals surface area contributed by atoms with Crippen molar-refractivity contribution in [1.29, 1.82) is 0 Å². The van der Waals surface area contributed by atoms with Crippen molar-refractivity contribution in [3.8, 4) is 5.75 Å². The third-order valence-corrected chi connectivity index (χ3v) is 4.14. The second-order valence-corrected chi connectivity index (χ2v) is 5.65. The van der Waals surface area contributed by atoms with E-state index in [4.69, 9.17) is 4.74 Å². The van der Waals surface area contributed by atoms with Crippen molar-refractivity contribution in [3.63, 3.8) is 0 Å².